The number of carbonyl (C=O) groups excluding carboxylic acids is 1. The lowest BCUT2D eigenvalue weighted by molar-refractivity contribution is -0.117. The second-order valence-electron chi connectivity index (χ2n) is 4.64. The highest BCUT2D eigenvalue weighted by Crippen LogP contribution is 2.23. The van der Waals surface area contributed by atoms with Gasteiger partial charge < -0.3 is 10.6 Å². The highest BCUT2D eigenvalue weighted by molar-refractivity contribution is 6.17. The van der Waals surface area contributed by atoms with Crippen molar-refractivity contribution in [3.63, 3.8) is 0 Å². The fraction of sp³-hybridized carbons (Fsp3) is 0.176. The van der Waals surface area contributed by atoms with Crippen molar-refractivity contribution in [2.45, 2.75) is 6.42 Å². The van der Waals surface area contributed by atoms with Crippen molar-refractivity contribution in [3.05, 3.63) is 54.2 Å². The molecule has 0 unspecified atom stereocenters. The third kappa shape index (κ3) is 4.00. The topological polar surface area (TPSA) is 64.9 Å². The highest BCUT2D eigenvalue weighted by atomic mass is 35.5. The van der Waals surface area contributed by atoms with E-state index in [1.807, 2.05) is 48.5 Å². The first kappa shape index (κ1) is 15.9. The van der Waals surface area contributed by atoms with Crippen molar-refractivity contribution in [1.82, 2.24) is 5.32 Å². The molecule has 0 saturated carbocycles. The van der Waals surface area contributed by atoms with Crippen molar-refractivity contribution in [2.75, 3.05) is 17.7 Å². The maximum Gasteiger partial charge on any atom is 0.263 e. The van der Waals surface area contributed by atoms with Gasteiger partial charge in [-0.3, -0.25) is 4.79 Å². The lowest BCUT2D eigenvalue weighted by atomic mass is 10.1. The van der Waals surface area contributed by atoms with Gasteiger partial charge in [0.15, 0.2) is 0 Å². The van der Waals surface area contributed by atoms with E-state index in [-0.39, 0.29) is 5.57 Å². The number of amides is 1. The van der Waals surface area contributed by atoms with Gasteiger partial charge in [-0.2, -0.15) is 5.26 Å². The Bertz CT molecular complexity index is 729. The average molecular weight is 314 g/mol. The zero-order valence-corrected chi connectivity index (χ0v) is 12.7. The number of carbonyl (C=O) groups is 1. The van der Waals surface area contributed by atoms with Crippen LogP contribution in [0.2, 0.25) is 0 Å². The minimum Gasteiger partial charge on any atom is -0.360 e. The molecule has 1 amide bonds. The maximum absolute atomic E-state index is 11.8. The molecule has 0 aliphatic rings. The number of fused-ring (bicyclic) bond motifs is 1. The van der Waals surface area contributed by atoms with Crippen LogP contribution < -0.4 is 10.6 Å². The molecule has 2 aromatic rings. The summed E-state index contributed by atoms with van der Waals surface area (Å²) >= 11 is 5.55. The summed E-state index contributed by atoms with van der Waals surface area (Å²) in [7, 11) is 0. The maximum atomic E-state index is 11.8. The predicted octanol–water partition coefficient (Wildman–Crippen LogP) is 3.40. The summed E-state index contributed by atoms with van der Waals surface area (Å²) < 4.78 is 0. The number of halogens is 1. The lowest BCUT2D eigenvalue weighted by Crippen LogP contribution is -2.26. The van der Waals surface area contributed by atoms with E-state index in [4.69, 9.17) is 16.9 Å². The van der Waals surface area contributed by atoms with Gasteiger partial charge in [-0.05, 0) is 17.9 Å². The summed E-state index contributed by atoms with van der Waals surface area (Å²) in [5.74, 6) is 0.0699. The molecule has 2 rings (SSSR count). The molecular formula is C17H16ClN3O. The third-order valence-electron chi connectivity index (χ3n) is 3.12. The van der Waals surface area contributed by atoms with Gasteiger partial charge in [-0.1, -0.05) is 36.4 Å². The smallest absolute Gasteiger partial charge is 0.263 e. The summed E-state index contributed by atoms with van der Waals surface area (Å²) in [6.07, 6.45) is 2.10. The molecule has 0 bridgehead atoms. The Kier molecular flexibility index (Phi) is 5.81. The quantitative estimate of drug-likeness (QED) is 0.372. The SMILES string of the molecule is N#C/C(=C/Nc1cccc2ccccc12)C(=O)NCCCCl. The number of hydrogen-bond donors (Lipinski definition) is 2. The van der Waals surface area contributed by atoms with Gasteiger partial charge in [0.25, 0.3) is 5.91 Å². The van der Waals surface area contributed by atoms with Gasteiger partial charge in [-0.25, -0.2) is 0 Å². The Morgan fingerprint density at radius 2 is 2.00 bits per heavy atom. The molecule has 0 spiro atoms. The minimum atomic E-state index is -0.402. The van der Waals surface area contributed by atoms with E-state index in [0.29, 0.717) is 18.8 Å². The first-order valence-corrected chi connectivity index (χ1v) is 7.48. The average Bonchev–Trinajstić information content (AvgIpc) is 2.56. The summed E-state index contributed by atoms with van der Waals surface area (Å²) in [6.45, 7) is 0.454. The number of anilines is 1. The van der Waals surface area contributed by atoms with E-state index in [0.717, 1.165) is 16.5 Å². The highest BCUT2D eigenvalue weighted by Gasteiger charge is 2.08. The van der Waals surface area contributed by atoms with Crippen LogP contribution in [0.4, 0.5) is 5.69 Å². The van der Waals surface area contributed by atoms with Crippen LogP contribution >= 0.6 is 11.6 Å². The number of rotatable bonds is 6. The van der Waals surface area contributed by atoms with Crippen LogP contribution in [0.5, 0.6) is 0 Å². The standard InChI is InChI=1S/C17H16ClN3O/c18-9-4-10-20-17(22)14(11-19)12-21-16-8-3-6-13-5-1-2-7-15(13)16/h1-3,5-8,12,21H,4,9-10H2,(H,20,22)/b14-12-. The number of nitrogens with one attached hydrogen (secondary N) is 2. The Balaban J connectivity index is 2.14. The van der Waals surface area contributed by atoms with Gasteiger partial charge in [0.2, 0.25) is 0 Å². The van der Waals surface area contributed by atoms with E-state index >= 15 is 0 Å². The van der Waals surface area contributed by atoms with Gasteiger partial charge >= 0.3 is 0 Å². The second kappa shape index (κ2) is 8.06. The van der Waals surface area contributed by atoms with E-state index < -0.39 is 5.91 Å². The number of benzene rings is 2. The van der Waals surface area contributed by atoms with E-state index in [2.05, 4.69) is 10.6 Å². The van der Waals surface area contributed by atoms with Crippen LogP contribution in [0.3, 0.4) is 0 Å². The van der Waals surface area contributed by atoms with Crippen molar-refractivity contribution in [1.29, 1.82) is 5.26 Å². The van der Waals surface area contributed by atoms with Crippen LogP contribution in [0.15, 0.2) is 54.2 Å². The minimum absolute atomic E-state index is 0.0301. The Morgan fingerprint density at radius 3 is 2.77 bits per heavy atom. The summed E-state index contributed by atoms with van der Waals surface area (Å²) in [4.78, 5) is 11.8. The van der Waals surface area contributed by atoms with E-state index in [1.165, 1.54) is 6.20 Å². The normalized spacial score (nSPS) is 11.0. The Morgan fingerprint density at radius 1 is 1.23 bits per heavy atom. The summed E-state index contributed by atoms with van der Waals surface area (Å²) in [6, 6.07) is 15.6. The molecule has 0 saturated heterocycles. The van der Waals surface area contributed by atoms with Gasteiger partial charge in [0.05, 0.1) is 0 Å². The summed E-state index contributed by atoms with van der Waals surface area (Å²) in [5, 5.41) is 16.9. The van der Waals surface area contributed by atoms with Crippen LogP contribution in [-0.2, 0) is 4.79 Å². The van der Waals surface area contributed by atoms with Crippen molar-refractivity contribution in [3.8, 4) is 6.07 Å². The molecule has 0 atom stereocenters. The van der Waals surface area contributed by atoms with Gasteiger partial charge in [0, 0.05) is 29.7 Å². The van der Waals surface area contributed by atoms with Gasteiger partial charge in [0.1, 0.15) is 11.6 Å². The molecule has 112 valence electrons. The zero-order chi connectivity index (χ0) is 15.8. The van der Waals surface area contributed by atoms with E-state index in [1.54, 1.807) is 0 Å². The molecule has 0 aromatic heterocycles. The lowest BCUT2D eigenvalue weighted by Gasteiger charge is -2.07. The number of hydrogen-bond acceptors (Lipinski definition) is 3. The van der Waals surface area contributed by atoms with Crippen molar-refractivity contribution in [2.24, 2.45) is 0 Å². The molecule has 0 radical (unpaired) electrons. The van der Waals surface area contributed by atoms with E-state index in [9.17, 15) is 4.79 Å². The molecular weight excluding hydrogens is 298 g/mol. The molecule has 0 aliphatic carbocycles. The largest absolute Gasteiger partial charge is 0.360 e. The van der Waals surface area contributed by atoms with Crippen molar-refractivity contribution >= 4 is 34.0 Å². The van der Waals surface area contributed by atoms with Gasteiger partial charge in [-0.15, -0.1) is 11.6 Å². The molecule has 0 heterocycles. The summed E-state index contributed by atoms with van der Waals surface area (Å²) in [5.41, 5.74) is 0.877. The first-order chi connectivity index (χ1) is 10.8. The van der Waals surface area contributed by atoms with Crippen LogP contribution in [0.1, 0.15) is 6.42 Å². The predicted molar refractivity (Wildman–Crippen MR) is 89.6 cm³/mol. The molecule has 22 heavy (non-hydrogen) atoms. The van der Waals surface area contributed by atoms with Crippen LogP contribution in [0.25, 0.3) is 10.8 Å². The fourth-order valence-corrected chi connectivity index (χ4v) is 2.15. The molecule has 2 N–H and O–H groups in total. The Hall–Kier alpha value is -2.51. The fourth-order valence-electron chi connectivity index (χ4n) is 2.01. The third-order valence-corrected chi connectivity index (χ3v) is 3.39. The number of nitriles is 1. The number of alkyl halides is 1. The molecule has 0 fully saturated rings. The zero-order valence-electron chi connectivity index (χ0n) is 12.0. The molecule has 4 nitrogen and oxygen atoms in total. The van der Waals surface area contributed by atoms with Crippen molar-refractivity contribution < 1.29 is 4.79 Å². The molecule has 0 aliphatic heterocycles. The molecule has 2 aromatic carbocycles. The first-order valence-electron chi connectivity index (χ1n) is 6.95. The Labute approximate surface area is 134 Å². The second-order valence-corrected chi connectivity index (χ2v) is 5.02. The van der Waals surface area contributed by atoms with Crippen LogP contribution in [0, 0.1) is 11.3 Å². The van der Waals surface area contributed by atoms with Crippen LogP contribution in [-0.4, -0.2) is 18.3 Å². The molecule has 5 heteroatoms. The monoisotopic (exact) mass is 313 g/mol. The number of nitrogens with zero attached hydrogens (tertiary/aromatic N) is 1.